The fourth-order valence-corrected chi connectivity index (χ4v) is 4.12. The van der Waals surface area contributed by atoms with E-state index in [0.29, 0.717) is 25.1 Å². The summed E-state index contributed by atoms with van der Waals surface area (Å²) in [5.74, 6) is 1.04. The standard InChI is InChI=1S/C20H30N2O3/c23-19(8-4-7-16-5-2-1-3-6-16)21-18-9-12-22(13-10-18)20(24)17-11-14-25-15-17/h11,14-16,18H,1-10,12-13H2,(H,21,23). The van der Waals surface area contributed by atoms with Crippen LogP contribution in [0.15, 0.2) is 23.0 Å². The molecule has 3 rings (SSSR count). The lowest BCUT2D eigenvalue weighted by atomic mass is 9.86. The highest BCUT2D eigenvalue weighted by molar-refractivity contribution is 5.93. The molecule has 0 unspecified atom stereocenters. The third kappa shape index (κ3) is 5.35. The third-order valence-electron chi connectivity index (χ3n) is 5.66. The topological polar surface area (TPSA) is 62.6 Å². The Morgan fingerprint density at radius 3 is 2.56 bits per heavy atom. The Hall–Kier alpha value is -1.78. The van der Waals surface area contributed by atoms with Gasteiger partial charge in [0, 0.05) is 25.6 Å². The number of nitrogens with zero attached hydrogens (tertiary/aromatic N) is 1. The lowest BCUT2D eigenvalue weighted by Crippen LogP contribution is -2.46. The van der Waals surface area contributed by atoms with Crippen LogP contribution in [0.3, 0.4) is 0 Å². The van der Waals surface area contributed by atoms with E-state index in [1.165, 1.54) is 51.1 Å². The van der Waals surface area contributed by atoms with Crippen molar-refractivity contribution in [3.8, 4) is 0 Å². The van der Waals surface area contributed by atoms with Crippen LogP contribution in [-0.2, 0) is 4.79 Å². The van der Waals surface area contributed by atoms with Crippen LogP contribution < -0.4 is 5.32 Å². The van der Waals surface area contributed by atoms with Gasteiger partial charge in [0.25, 0.3) is 5.91 Å². The molecule has 2 amide bonds. The van der Waals surface area contributed by atoms with Crippen LogP contribution >= 0.6 is 0 Å². The zero-order chi connectivity index (χ0) is 17.5. The quantitative estimate of drug-likeness (QED) is 0.853. The maximum Gasteiger partial charge on any atom is 0.257 e. The molecule has 1 aliphatic carbocycles. The molecule has 0 bridgehead atoms. The molecule has 138 valence electrons. The largest absolute Gasteiger partial charge is 0.472 e. The molecule has 1 saturated heterocycles. The van der Waals surface area contributed by atoms with Crippen molar-refractivity contribution in [1.29, 1.82) is 0 Å². The second-order valence-electron chi connectivity index (χ2n) is 7.54. The molecular weight excluding hydrogens is 316 g/mol. The lowest BCUT2D eigenvalue weighted by Gasteiger charge is -2.32. The number of piperidine rings is 1. The highest BCUT2D eigenvalue weighted by atomic mass is 16.3. The van der Waals surface area contributed by atoms with Crippen molar-refractivity contribution in [2.45, 2.75) is 70.3 Å². The summed E-state index contributed by atoms with van der Waals surface area (Å²) in [7, 11) is 0. The molecule has 0 spiro atoms. The fourth-order valence-electron chi connectivity index (χ4n) is 4.12. The van der Waals surface area contributed by atoms with Crippen molar-refractivity contribution in [2.24, 2.45) is 5.92 Å². The molecule has 5 heteroatoms. The van der Waals surface area contributed by atoms with Crippen molar-refractivity contribution < 1.29 is 14.0 Å². The van der Waals surface area contributed by atoms with Gasteiger partial charge >= 0.3 is 0 Å². The number of furan rings is 1. The van der Waals surface area contributed by atoms with Crippen LogP contribution in [0.1, 0.15) is 74.6 Å². The maximum absolute atomic E-state index is 12.3. The number of rotatable bonds is 6. The Balaban J connectivity index is 1.31. The number of carbonyl (C=O) groups excluding carboxylic acids is 2. The van der Waals surface area contributed by atoms with Crippen LogP contribution in [0.2, 0.25) is 0 Å². The van der Waals surface area contributed by atoms with Crippen molar-refractivity contribution in [3.63, 3.8) is 0 Å². The molecule has 2 aliphatic rings. The van der Waals surface area contributed by atoms with Gasteiger partial charge in [-0.2, -0.15) is 0 Å². The van der Waals surface area contributed by atoms with E-state index >= 15 is 0 Å². The van der Waals surface area contributed by atoms with Crippen LogP contribution in [0, 0.1) is 5.92 Å². The van der Waals surface area contributed by atoms with E-state index < -0.39 is 0 Å². The summed E-state index contributed by atoms with van der Waals surface area (Å²) in [6.45, 7) is 1.38. The normalized spacial score (nSPS) is 19.8. The molecule has 2 fully saturated rings. The summed E-state index contributed by atoms with van der Waals surface area (Å²) in [6, 6.07) is 1.90. The monoisotopic (exact) mass is 346 g/mol. The highest BCUT2D eigenvalue weighted by Gasteiger charge is 2.25. The van der Waals surface area contributed by atoms with Gasteiger partial charge in [0.1, 0.15) is 6.26 Å². The molecule has 1 N–H and O–H groups in total. The van der Waals surface area contributed by atoms with E-state index in [9.17, 15) is 9.59 Å². The second kappa shape index (κ2) is 9.07. The first-order valence-electron chi connectivity index (χ1n) is 9.83. The van der Waals surface area contributed by atoms with Crippen LogP contribution in [0.5, 0.6) is 0 Å². The average molecular weight is 346 g/mol. The number of amides is 2. The highest BCUT2D eigenvalue weighted by Crippen LogP contribution is 2.27. The number of nitrogens with one attached hydrogen (secondary N) is 1. The van der Waals surface area contributed by atoms with Crippen molar-refractivity contribution in [2.75, 3.05) is 13.1 Å². The van der Waals surface area contributed by atoms with Gasteiger partial charge in [-0.3, -0.25) is 9.59 Å². The lowest BCUT2D eigenvalue weighted by molar-refractivity contribution is -0.122. The second-order valence-corrected chi connectivity index (χ2v) is 7.54. The minimum absolute atomic E-state index is 0.0195. The molecular formula is C20H30N2O3. The Morgan fingerprint density at radius 1 is 1.12 bits per heavy atom. The van der Waals surface area contributed by atoms with Gasteiger partial charge in [-0.25, -0.2) is 0 Å². The molecule has 1 aromatic heterocycles. The summed E-state index contributed by atoms with van der Waals surface area (Å²) in [6.07, 6.45) is 14.4. The molecule has 25 heavy (non-hydrogen) atoms. The van der Waals surface area contributed by atoms with Gasteiger partial charge in [0.2, 0.25) is 5.91 Å². The van der Waals surface area contributed by atoms with E-state index in [0.717, 1.165) is 25.2 Å². The summed E-state index contributed by atoms with van der Waals surface area (Å²) in [5, 5.41) is 3.16. The average Bonchev–Trinajstić information content (AvgIpc) is 3.17. The molecule has 5 nitrogen and oxygen atoms in total. The number of likely N-dealkylation sites (tertiary alicyclic amines) is 1. The van der Waals surface area contributed by atoms with E-state index in [2.05, 4.69) is 5.32 Å². The summed E-state index contributed by atoms with van der Waals surface area (Å²) in [4.78, 5) is 26.3. The van der Waals surface area contributed by atoms with E-state index in [-0.39, 0.29) is 17.9 Å². The zero-order valence-corrected chi connectivity index (χ0v) is 15.0. The van der Waals surface area contributed by atoms with Gasteiger partial charge in [-0.05, 0) is 37.7 Å². The van der Waals surface area contributed by atoms with Crippen molar-refractivity contribution >= 4 is 11.8 Å². The zero-order valence-electron chi connectivity index (χ0n) is 15.0. The molecule has 0 aromatic carbocycles. The Morgan fingerprint density at radius 2 is 1.88 bits per heavy atom. The number of hydrogen-bond acceptors (Lipinski definition) is 3. The minimum Gasteiger partial charge on any atom is -0.472 e. The van der Waals surface area contributed by atoms with Crippen molar-refractivity contribution in [3.05, 3.63) is 24.2 Å². The predicted octanol–water partition coefficient (Wildman–Crippen LogP) is 3.75. The van der Waals surface area contributed by atoms with E-state index in [4.69, 9.17) is 4.42 Å². The Labute approximate surface area is 150 Å². The van der Waals surface area contributed by atoms with Gasteiger partial charge in [-0.15, -0.1) is 0 Å². The summed E-state index contributed by atoms with van der Waals surface area (Å²) in [5.41, 5.74) is 0.602. The summed E-state index contributed by atoms with van der Waals surface area (Å²) >= 11 is 0. The molecule has 1 saturated carbocycles. The predicted molar refractivity (Wildman–Crippen MR) is 96.2 cm³/mol. The molecule has 1 aliphatic heterocycles. The van der Waals surface area contributed by atoms with Crippen molar-refractivity contribution in [1.82, 2.24) is 10.2 Å². The van der Waals surface area contributed by atoms with Gasteiger partial charge in [0.05, 0.1) is 11.8 Å². The smallest absolute Gasteiger partial charge is 0.257 e. The van der Waals surface area contributed by atoms with Gasteiger partial charge in [0.15, 0.2) is 0 Å². The number of hydrogen-bond donors (Lipinski definition) is 1. The van der Waals surface area contributed by atoms with Crippen LogP contribution in [0.25, 0.3) is 0 Å². The Bertz CT molecular complexity index is 541. The summed E-state index contributed by atoms with van der Waals surface area (Å²) < 4.78 is 4.98. The molecule has 0 radical (unpaired) electrons. The first kappa shape index (κ1) is 18.0. The minimum atomic E-state index is 0.0195. The maximum atomic E-state index is 12.3. The first-order chi connectivity index (χ1) is 12.2. The molecule has 2 heterocycles. The number of carbonyl (C=O) groups is 2. The van der Waals surface area contributed by atoms with Crippen LogP contribution in [0.4, 0.5) is 0 Å². The molecule has 1 aromatic rings. The van der Waals surface area contributed by atoms with E-state index in [1.807, 2.05) is 4.90 Å². The van der Waals surface area contributed by atoms with E-state index in [1.54, 1.807) is 6.07 Å². The first-order valence-corrected chi connectivity index (χ1v) is 9.83. The fraction of sp³-hybridized carbons (Fsp3) is 0.700. The SMILES string of the molecule is O=C(CCCC1CCCCC1)NC1CCN(C(=O)c2ccoc2)CC1. The molecule has 0 atom stereocenters. The van der Waals surface area contributed by atoms with Gasteiger partial charge in [-0.1, -0.05) is 32.1 Å². The van der Waals surface area contributed by atoms with Crippen LogP contribution in [-0.4, -0.2) is 35.8 Å². The Kier molecular flexibility index (Phi) is 6.54. The van der Waals surface area contributed by atoms with Gasteiger partial charge < -0.3 is 14.6 Å². The third-order valence-corrected chi connectivity index (χ3v) is 5.66.